The summed E-state index contributed by atoms with van der Waals surface area (Å²) >= 11 is 0. The van der Waals surface area contributed by atoms with E-state index >= 15 is 0 Å². The number of fused-ring (bicyclic) bond motifs is 1. The third-order valence-electron chi connectivity index (χ3n) is 6.55. The molecular formula is C29H30FN3O2. The first-order valence-corrected chi connectivity index (χ1v) is 12.2. The number of amides is 1. The molecule has 0 N–H and O–H groups in total. The van der Waals surface area contributed by atoms with Crippen molar-refractivity contribution in [2.45, 2.75) is 45.6 Å². The normalized spacial score (nSPS) is 15.8. The molecule has 0 unspecified atom stereocenters. The number of unbranched alkanes of at least 4 members (excludes halogenated alkanes) is 1. The molecule has 1 aliphatic rings. The molecule has 3 aromatic carbocycles. The van der Waals surface area contributed by atoms with E-state index in [1.807, 2.05) is 18.2 Å². The number of rotatable bonds is 8. The molecule has 0 saturated carbocycles. The summed E-state index contributed by atoms with van der Waals surface area (Å²) in [6.45, 7) is 6.18. The van der Waals surface area contributed by atoms with Crippen LogP contribution in [0.2, 0.25) is 0 Å². The SMILES string of the molecule is Cc1cc(C)cc(OCCCCn2c([C@H]3CC(=O)N(c4ccc(F)cc4)C3)nc3ccccc32)c1. The smallest absolute Gasteiger partial charge is 0.227 e. The Balaban J connectivity index is 1.28. The summed E-state index contributed by atoms with van der Waals surface area (Å²) in [6.07, 6.45) is 2.27. The van der Waals surface area contributed by atoms with Gasteiger partial charge in [0.25, 0.3) is 0 Å². The predicted molar refractivity (Wildman–Crippen MR) is 136 cm³/mol. The van der Waals surface area contributed by atoms with Crippen molar-refractivity contribution in [2.24, 2.45) is 0 Å². The van der Waals surface area contributed by atoms with Crippen molar-refractivity contribution in [3.63, 3.8) is 0 Å². The zero-order valence-corrected chi connectivity index (χ0v) is 20.2. The second-order valence-corrected chi connectivity index (χ2v) is 9.37. The standard InChI is InChI=1S/C29H30FN3O2/c1-20-15-21(2)17-25(16-20)35-14-6-5-13-32-27-8-4-3-7-26(27)31-29(32)22-18-28(34)33(19-22)24-11-9-23(30)10-12-24/h3-4,7-12,15-17,22H,5-6,13-14,18-19H2,1-2H3/t22-/m0/s1. The summed E-state index contributed by atoms with van der Waals surface area (Å²) < 4.78 is 21.6. The highest BCUT2D eigenvalue weighted by Crippen LogP contribution is 2.33. The van der Waals surface area contributed by atoms with Crippen LogP contribution in [0.1, 0.15) is 42.1 Å². The fourth-order valence-corrected chi connectivity index (χ4v) is 4.97. The summed E-state index contributed by atoms with van der Waals surface area (Å²) in [7, 11) is 0. The zero-order valence-electron chi connectivity index (χ0n) is 20.2. The first-order chi connectivity index (χ1) is 17.0. The Kier molecular flexibility index (Phi) is 6.53. The van der Waals surface area contributed by atoms with Crippen molar-refractivity contribution in [1.82, 2.24) is 9.55 Å². The van der Waals surface area contributed by atoms with Gasteiger partial charge in [-0.2, -0.15) is 0 Å². The number of aryl methyl sites for hydroxylation is 3. The topological polar surface area (TPSA) is 47.4 Å². The fraction of sp³-hybridized carbons (Fsp3) is 0.310. The van der Waals surface area contributed by atoms with E-state index in [0.717, 1.165) is 47.7 Å². The van der Waals surface area contributed by atoms with E-state index in [-0.39, 0.29) is 17.6 Å². The summed E-state index contributed by atoms with van der Waals surface area (Å²) in [5.41, 5.74) is 5.17. The first kappa shape index (κ1) is 23.1. The molecule has 1 fully saturated rings. The predicted octanol–water partition coefficient (Wildman–Crippen LogP) is 6.17. The Bertz CT molecular complexity index is 1330. The maximum atomic E-state index is 13.4. The van der Waals surface area contributed by atoms with Gasteiger partial charge in [0.05, 0.1) is 17.6 Å². The molecule has 0 bridgehead atoms. The van der Waals surface area contributed by atoms with Crippen molar-refractivity contribution in [1.29, 1.82) is 0 Å². The molecule has 4 aromatic rings. The molecule has 1 aliphatic heterocycles. The maximum absolute atomic E-state index is 13.4. The lowest BCUT2D eigenvalue weighted by atomic mass is 10.1. The van der Waals surface area contributed by atoms with Crippen LogP contribution in [0.15, 0.2) is 66.7 Å². The van der Waals surface area contributed by atoms with Gasteiger partial charge < -0.3 is 14.2 Å². The number of carbonyl (C=O) groups is 1. The lowest BCUT2D eigenvalue weighted by Crippen LogP contribution is -2.24. The maximum Gasteiger partial charge on any atom is 0.227 e. The number of para-hydroxylation sites is 2. The van der Waals surface area contributed by atoms with E-state index in [4.69, 9.17) is 9.72 Å². The summed E-state index contributed by atoms with van der Waals surface area (Å²) in [4.78, 5) is 19.5. The minimum absolute atomic E-state index is 0.00790. The highest BCUT2D eigenvalue weighted by Gasteiger charge is 2.34. The van der Waals surface area contributed by atoms with Gasteiger partial charge in [-0.1, -0.05) is 18.2 Å². The van der Waals surface area contributed by atoms with Gasteiger partial charge in [0.1, 0.15) is 17.4 Å². The fourth-order valence-electron chi connectivity index (χ4n) is 4.97. The zero-order chi connectivity index (χ0) is 24.4. The van der Waals surface area contributed by atoms with E-state index in [0.29, 0.717) is 19.6 Å². The lowest BCUT2D eigenvalue weighted by Gasteiger charge is -2.17. The molecule has 1 atom stereocenters. The first-order valence-electron chi connectivity index (χ1n) is 12.2. The molecule has 0 aliphatic carbocycles. The van der Waals surface area contributed by atoms with Crippen molar-refractivity contribution in [3.05, 3.63) is 89.5 Å². The van der Waals surface area contributed by atoms with Gasteiger partial charge in [-0.15, -0.1) is 0 Å². The molecule has 35 heavy (non-hydrogen) atoms. The van der Waals surface area contributed by atoms with E-state index in [2.05, 4.69) is 42.7 Å². The number of ether oxygens (including phenoxy) is 1. The molecule has 1 saturated heterocycles. The van der Waals surface area contributed by atoms with Gasteiger partial charge in [0, 0.05) is 31.1 Å². The van der Waals surface area contributed by atoms with E-state index < -0.39 is 0 Å². The second kappa shape index (κ2) is 9.90. The number of nitrogens with zero attached hydrogens (tertiary/aromatic N) is 3. The molecule has 180 valence electrons. The Morgan fingerprint density at radius 1 is 1.00 bits per heavy atom. The molecule has 2 heterocycles. The molecule has 6 heteroatoms. The van der Waals surface area contributed by atoms with Crippen molar-refractivity contribution < 1.29 is 13.9 Å². The molecule has 0 spiro atoms. The number of halogens is 1. The highest BCUT2D eigenvalue weighted by atomic mass is 19.1. The van der Waals surface area contributed by atoms with Crippen LogP contribution in [0.5, 0.6) is 5.75 Å². The van der Waals surface area contributed by atoms with Crippen molar-refractivity contribution in [2.75, 3.05) is 18.1 Å². The van der Waals surface area contributed by atoms with Gasteiger partial charge in [-0.05, 0) is 86.3 Å². The number of hydrogen-bond donors (Lipinski definition) is 0. The highest BCUT2D eigenvalue weighted by molar-refractivity contribution is 5.96. The Hall–Kier alpha value is -3.67. The Morgan fingerprint density at radius 2 is 1.74 bits per heavy atom. The number of aromatic nitrogens is 2. The van der Waals surface area contributed by atoms with Crippen LogP contribution in [-0.2, 0) is 11.3 Å². The van der Waals surface area contributed by atoms with E-state index in [1.165, 1.54) is 23.3 Å². The third-order valence-corrected chi connectivity index (χ3v) is 6.55. The number of carbonyl (C=O) groups excluding carboxylic acids is 1. The molecule has 5 rings (SSSR count). The van der Waals surface area contributed by atoms with Gasteiger partial charge in [-0.3, -0.25) is 4.79 Å². The third kappa shape index (κ3) is 5.06. The number of anilines is 1. The van der Waals surface area contributed by atoms with Crippen LogP contribution in [-0.4, -0.2) is 28.6 Å². The van der Waals surface area contributed by atoms with Crippen LogP contribution >= 0.6 is 0 Å². The monoisotopic (exact) mass is 471 g/mol. The molecule has 0 radical (unpaired) electrons. The van der Waals surface area contributed by atoms with E-state index in [9.17, 15) is 9.18 Å². The van der Waals surface area contributed by atoms with Crippen LogP contribution in [0, 0.1) is 19.7 Å². The van der Waals surface area contributed by atoms with Crippen LogP contribution < -0.4 is 9.64 Å². The minimum Gasteiger partial charge on any atom is -0.494 e. The summed E-state index contributed by atoms with van der Waals surface area (Å²) in [5.74, 6) is 1.59. The van der Waals surface area contributed by atoms with Crippen LogP contribution in [0.4, 0.5) is 10.1 Å². The van der Waals surface area contributed by atoms with Gasteiger partial charge >= 0.3 is 0 Å². The summed E-state index contributed by atoms with van der Waals surface area (Å²) in [6, 6.07) is 20.5. The number of benzene rings is 3. The van der Waals surface area contributed by atoms with E-state index in [1.54, 1.807) is 17.0 Å². The number of hydrogen-bond acceptors (Lipinski definition) is 3. The van der Waals surface area contributed by atoms with Crippen molar-refractivity contribution >= 4 is 22.6 Å². The molecule has 1 amide bonds. The quantitative estimate of drug-likeness (QED) is 0.289. The molecule has 5 nitrogen and oxygen atoms in total. The largest absolute Gasteiger partial charge is 0.494 e. The number of imidazole rings is 1. The van der Waals surface area contributed by atoms with Gasteiger partial charge in [-0.25, -0.2) is 9.37 Å². The van der Waals surface area contributed by atoms with Gasteiger partial charge in [0.2, 0.25) is 5.91 Å². The van der Waals surface area contributed by atoms with Crippen LogP contribution in [0.25, 0.3) is 11.0 Å². The Labute approximate surface area is 205 Å². The minimum atomic E-state index is -0.305. The second-order valence-electron chi connectivity index (χ2n) is 9.37. The van der Waals surface area contributed by atoms with Gasteiger partial charge in [0.15, 0.2) is 0 Å². The average molecular weight is 472 g/mol. The van der Waals surface area contributed by atoms with Crippen LogP contribution in [0.3, 0.4) is 0 Å². The molecular weight excluding hydrogens is 441 g/mol. The molecule has 1 aromatic heterocycles. The average Bonchev–Trinajstić information content (AvgIpc) is 3.39. The summed E-state index contributed by atoms with van der Waals surface area (Å²) in [5, 5.41) is 0. The van der Waals surface area contributed by atoms with Crippen molar-refractivity contribution in [3.8, 4) is 5.75 Å². The Morgan fingerprint density at radius 3 is 2.51 bits per heavy atom. The lowest BCUT2D eigenvalue weighted by molar-refractivity contribution is -0.117.